The van der Waals surface area contributed by atoms with Gasteiger partial charge in [0.2, 0.25) is 0 Å². The minimum Gasteiger partial charge on any atom is -0.489 e. The molecular weight excluding hydrogens is 350 g/mol. The highest BCUT2D eigenvalue weighted by molar-refractivity contribution is 7.09. The number of hydrogen-bond donors (Lipinski definition) is 1. The zero-order valence-corrected chi connectivity index (χ0v) is 15.9. The van der Waals surface area contributed by atoms with Crippen LogP contribution in [0.3, 0.4) is 0 Å². The average molecular weight is 371 g/mol. The average Bonchev–Trinajstić information content (AvgIpc) is 3.19. The lowest BCUT2D eigenvalue weighted by Crippen LogP contribution is -2.25. The first-order valence-electron chi connectivity index (χ1n) is 8.36. The molecular formula is C19H21N3O3S. The normalized spacial score (nSPS) is 10.7. The molecule has 0 atom stereocenters. The Bertz CT molecular complexity index is 864. The molecule has 1 aromatic carbocycles. The van der Waals surface area contributed by atoms with E-state index < -0.39 is 0 Å². The molecule has 3 rings (SSSR count). The molecule has 0 unspecified atom stereocenters. The number of nitrogens with zero attached hydrogens (tertiary/aromatic N) is 2. The van der Waals surface area contributed by atoms with Crippen LogP contribution in [0.2, 0.25) is 0 Å². The first-order valence-corrected chi connectivity index (χ1v) is 9.24. The Hall–Kier alpha value is -2.67. The van der Waals surface area contributed by atoms with E-state index in [1.165, 1.54) is 0 Å². The van der Waals surface area contributed by atoms with Gasteiger partial charge < -0.3 is 14.6 Å². The van der Waals surface area contributed by atoms with Gasteiger partial charge in [0, 0.05) is 23.9 Å². The van der Waals surface area contributed by atoms with Crippen molar-refractivity contribution >= 4 is 17.2 Å². The quantitative estimate of drug-likeness (QED) is 0.686. The molecule has 2 aromatic heterocycles. The smallest absolute Gasteiger partial charge is 0.251 e. The summed E-state index contributed by atoms with van der Waals surface area (Å²) in [5, 5.41) is 9.88. The maximum atomic E-state index is 12.2. The minimum atomic E-state index is -0.103. The number of carbonyl (C=O) groups is 1. The van der Waals surface area contributed by atoms with Crippen LogP contribution >= 0.6 is 11.3 Å². The van der Waals surface area contributed by atoms with Crippen molar-refractivity contribution in [1.29, 1.82) is 0 Å². The van der Waals surface area contributed by atoms with E-state index in [2.05, 4.69) is 15.5 Å². The lowest BCUT2D eigenvalue weighted by atomic mass is 10.2. The molecule has 1 N–H and O–H groups in total. The Morgan fingerprint density at radius 3 is 2.62 bits per heavy atom. The second kappa shape index (κ2) is 8.14. The Balaban J connectivity index is 1.49. The van der Waals surface area contributed by atoms with Gasteiger partial charge in [-0.2, -0.15) is 0 Å². The van der Waals surface area contributed by atoms with Gasteiger partial charge in [0.25, 0.3) is 5.91 Å². The summed E-state index contributed by atoms with van der Waals surface area (Å²) in [4.78, 5) is 16.6. The third kappa shape index (κ3) is 4.49. The molecule has 0 bridgehead atoms. The minimum absolute atomic E-state index is 0.103. The van der Waals surface area contributed by atoms with Gasteiger partial charge in [0.05, 0.1) is 22.0 Å². The number of thiazole rings is 1. The third-order valence-electron chi connectivity index (χ3n) is 4.01. The zero-order valence-electron chi connectivity index (χ0n) is 15.0. The lowest BCUT2D eigenvalue weighted by molar-refractivity contribution is 0.0954. The molecule has 6 nitrogen and oxygen atoms in total. The van der Waals surface area contributed by atoms with E-state index in [0.717, 1.165) is 34.1 Å². The number of amides is 1. The van der Waals surface area contributed by atoms with Crippen LogP contribution in [-0.2, 0) is 13.0 Å². The van der Waals surface area contributed by atoms with Crippen LogP contribution in [0, 0.1) is 20.8 Å². The van der Waals surface area contributed by atoms with Crippen molar-refractivity contribution in [3.63, 3.8) is 0 Å². The number of nitrogens with one attached hydrogen (secondary N) is 1. The molecule has 26 heavy (non-hydrogen) atoms. The summed E-state index contributed by atoms with van der Waals surface area (Å²) in [6.45, 7) is 6.67. The Kier molecular flexibility index (Phi) is 5.68. The summed E-state index contributed by atoms with van der Waals surface area (Å²) in [5.74, 6) is 1.35. The second-order valence-corrected chi connectivity index (χ2v) is 7.04. The molecule has 136 valence electrons. The first-order chi connectivity index (χ1) is 12.5. The Labute approximate surface area is 156 Å². The highest BCUT2D eigenvalue weighted by Crippen LogP contribution is 2.18. The van der Waals surface area contributed by atoms with Gasteiger partial charge >= 0.3 is 0 Å². The summed E-state index contributed by atoms with van der Waals surface area (Å²) >= 11 is 1.62. The van der Waals surface area contributed by atoms with Crippen molar-refractivity contribution < 1.29 is 14.1 Å². The highest BCUT2D eigenvalue weighted by atomic mass is 32.1. The SMILES string of the molecule is Cc1nc(CCNC(=O)c2ccc(OCc3c(C)noc3C)cc2)cs1. The van der Waals surface area contributed by atoms with Crippen LogP contribution in [0.5, 0.6) is 5.75 Å². The molecule has 0 aliphatic carbocycles. The maximum absolute atomic E-state index is 12.2. The van der Waals surface area contributed by atoms with E-state index in [1.807, 2.05) is 26.2 Å². The molecule has 0 aliphatic rings. The molecule has 0 spiro atoms. The number of hydrogen-bond acceptors (Lipinski definition) is 6. The number of rotatable bonds is 7. The molecule has 1 amide bonds. The van der Waals surface area contributed by atoms with E-state index in [1.54, 1.807) is 35.6 Å². The number of carbonyl (C=O) groups excluding carboxylic acids is 1. The van der Waals surface area contributed by atoms with Gasteiger partial charge in [-0.25, -0.2) is 4.98 Å². The fraction of sp³-hybridized carbons (Fsp3) is 0.316. The number of benzene rings is 1. The van der Waals surface area contributed by atoms with Crippen molar-refractivity contribution in [2.75, 3.05) is 6.54 Å². The van der Waals surface area contributed by atoms with Crippen molar-refractivity contribution in [2.24, 2.45) is 0 Å². The van der Waals surface area contributed by atoms with Crippen LogP contribution in [0.4, 0.5) is 0 Å². The fourth-order valence-corrected chi connectivity index (χ4v) is 3.14. The number of aromatic nitrogens is 2. The van der Waals surface area contributed by atoms with E-state index >= 15 is 0 Å². The summed E-state index contributed by atoms with van der Waals surface area (Å²) in [7, 11) is 0. The van der Waals surface area contributed by atoms with Gasteiger partial charge in [0.15, 0.2) is 0 Å². The van der Waals surface area contributed by atoms with Crippen LogP contribution in [-0.4, -0.2) is 22.6 Å². The molecule has 0 saturated heterocycles. The summed E-state index contributed by atoms with van der Waals surface area (Å²) in [6.07, 6.45) is 0.731. The maximum Gasteiger partial charge on any atom is 0.251 e. The molecule has 7 heteroatoms. The van der Waals surface area contributed by atoms with Crippen LogP contribution in [0.15, 0.2) is 34.2 Å². The van der Waals surface area contributed by atoms with Crippen molar-refractivity contribution in [3.8, 4) is 5.75 Å². The van der Waals surface area contributed by atoms with Gasteiger partial charge in [0.1, 0.15) is 18.1 Å². The molecule has 0 radical (unpaired) electrons. The summed E-state index contributed by atoms with van der Waals surface area (Å²) < 4.78 is 10.9. The summed E-state index contributed by atoms with van der Waals surface area (Å²) in [5.41, 5.74) is 3.39. The lowest BCUT2D eigenvalue weighted by Gasteiger charge is -2.08. The molecule has 0 fully saturated rings. The predicted molar refractivity (Wildman–Crippen MR) is 99.6 cm³/mol. The predicted octanol–water partition coefficient (Wildman–Crippen LogP) is 3.61. The molecule has 0 aliphatic heterocycles. The second-order valence-electron chi connectivity index (χ2n) is 5.98. The topological polar surface area (TPSA) is 77.2 Å². The van der Waals surface area contributed by atoms with E-state index in [4.69, 9.17) is 9.26 Å². The molecule has 0 saturated carbocycles. The monoisotopic (exact) mass is 371 g/mol. The van der Waals surface area contributed by atoms with Crippen LogP contribution < -0.4 is 10.1 Å². The Morgan fingerprint density at radius 1 is 1.23 bits per heavy atom. The number of aryl methyl sites for hydroxylation is 3. The standard InChI is InChI=1S/C19H21N3O3S/c1-12-18(13(2)25-22-12)10-24-17-6-4-15(5-7-17)19(23)20-9-8-16-11-26-14(3)21-16/h4-7,11H,8-10H2,1-3H3,(H,20,23). The number of ether oxygens (including phenoxy) is 1. The molecule has 2 heterocycles. The zero-order chi connectivity index (χ0) is 18.5. The van der Waals surface area contributed by atoms with Crippen molar-refractivity contribution in [2.45, 2.75) is 33.8 Å². The van der Waals surface area contributed by atoms with Crippen LogP contribution in [0.25, 0.3) is 0 Å². The van der Waals surface area contributed by atoms with Gasteiger partial charge in [-0.15, -0.1) is 11.3 Å². The van der Waals surface area contributed by atoms with Crippen molar-refractivity contribution in [3.05, 3.63) is 62.9 Å². The fourth-order valence-electron chi connectivity index (χ4n) is 2.50. The van der Waals surface area contributed by atoms with Gasteiger partial charge in [-0.3, -0.25) is 4.79 Å². The van der Waals surface area contributed by atoms with Gasteiger partial charge in [-0.1, -0.05) is 5.16 Å². The third-order valence-corrected chi connectivity index (χ3v) is 4.84. The highest BCUT2D eigenvalue weighted by Gasteiger charge is 2.10. The van der Waals surface area contributed by atoms with Crippen molar-refractivity contribution in [1.82, 2.24) is 15.5 Å². The van der Waals surface area contributed by atoms with Crippen LogP contribution in [0.1, 0.15) is 38.1 Å². The van der Waals surface area contributed by atoms with E-state index in [9.17, 15) is 4.79 Å². The van der Waals surface area contributed by atoms with E-state index in [-0.39, 0.29) is 5.91 Å². The largest absolute Gasteiger partial charge is 0.489 e. The molecule has 3 aromatic rings. The first kappa shape index (κ1) is 18.1. The summed E-state index contributed by atoms with van der Waals surface area (Å²) in [6, 6.07) is 7.09. The van der Waals surface area contributed by atoms with Gasteiger partial charge in [-0.05, 0) is 45.0 Å². The Morgan fingerprint density at radius 2 is 2.00 bits per heavy atom. The van der Waals surface area contributed by atoms with E-state index in [0.29, 0.717) is 24.5 Å².